The third kappa shape index (κ3) is 4.34. The molecule has 1 atom stereocenters. The molecule has 0 amide bonds. The van der Waals surface area contributed by atoms with Gasteiger partial charge in [0.2, 0.25) is 0 Å². The fraction of sp³-hybridized carbons (Fsp3) is 1.00. The topological polar surface area (TPSA) is 21.3 Å². The van der Waals surface area contributed by atoms with Gasteiger partial charge in [0.15, 0.2) is 0 Å². The molecule has 0 aliphatic carbocycles. The predicted octanol–water partition coefficient (Wildman–Crippen LogP) is 1.75. The number of nitrogens with one attached hydrogen (secondary N) is 1. The van der Waals surface area contributed by atoms with Crippen molar-refractivity contribution in [2.45, 2.75) is 25.8 Å². The average Bonchev–Trinajstić information content (AvgIpc) is 2.19. The van der Waals surface area contributed by atoms with Crippen molar-refractivity contribution in [3.8, 4) is 0 Å². The zero-order valence-electron chi connectivity index (χ0n) is 8.71. The second-order valence-electron chi connectivity index (χ2n) is 3.69. The van der Waals surface area contributed by atoms with E-state index in [0.29, 0.717) is 6.04 Å². The first kappa shape index (κ1) is 11.3. The highest BCUT2D eigenvalue weighted by Crippen LogP contribution is 2.18. The molecule has 1 saturated heterocycles. The van der Waals surface area contributed by atoms with E-state index in [-0.39, 0.29) is 0 Å². The highest BCUT2D eigenvalue weighted by atomic mass is 32.2. The van der Waals surface area contributed by atoms with E-state index in [0.717, 1.165) is 25.7 Å². The van der Waals surface area contributed by atoms with Crippen molar-refractivity contribution in [2.24, 2.45) is 5.92 Å². The molecule has 0 aromatic carbocycles. The molecule has 0 aromatic rings. The second kappa shape index (κ2) is 6.68. The molecule has 1 fully saturated rings. The minimum atomic E-state index is 0.663. The van der Waals surface area contributed by atoms with Gasteiger partial charge in [-0.2, -0.15) is 11.8 Å². The second-order valence-corrected chi connectivity index (χ2v) is 4.67. The van der Waals surface area contributed by atoms with Crippen molar-refractivity contribution >= 4 is 11.8 Å². The molecule has 1 heterocycles. The Kier molecular flexibility index (Phi) is 5.83. The maximum Gasteiger partial charge on any atom is 0.0469 e. The molecular formula is C10H21NOS. The number of rotatable bonds is 5. The maximum atomic E-state index is 5.34. The molecule has 0 bridgehead atoms. The lowest BCUT2D eigenvalue weighted by Crippen LogP contribution is -2.37. The Morgan fingerprint density at radius 3 is 2.77 bits per heavy atom. The fourth-order valence-corrected chi connectivity index (χ4v) is 2.09. The van der Waals surface area contributed by atoms with E-state index >= 15 is 0 Å². The molecule has 1 unspecified atom stereocenters. The van der Waals surface area contributed by atoms with Crippen LogP contribution in [0.25, 0.3) is 0 Å². The molecule has 0 spiro atoms. The van der Waals surface area contributed by atoms with Crippen molar-refractivity contribution < 1.29 is 4.74 Å². The summed E-state index contributed by atoms with van der Waals surface area (Å²) in [6.07, 6.45) is 4.61. The molecule has 1 N–H and O–H groups in total. The van der Waals surface area contributed by atoms with Crippen LogP contribution < -0.4 is 5.32 Å². The third-order valence-electron chi connectivity index (χ3n) is 2.75. The van der Waals surface area contributed by atoms with Crippen LogP contribution in [-0.4, -0.2) is 37.8 Å². The van der Waals surface area contributed by atoms with Crippen molar-refractivity contribution in [3.63, 3.8) is 0 Å². The van der Waals surface area contributed by atoms with Crippen LogP contribution in [0.1, 0.15) is 19.8 Å². The molecule has 78 valence electrons. The lowest BCUT2D eigenvalue weighted by molar-refractivity contribution is 0.0563. The monoisotopic (exact) mass is 203 g/mol. The largest absolute Gasteiger partial charge is 0.381 e. The van der Waals surface area contributed by atoms with Gasteiger partial charge in [-0.15, -0.1) is 0 Å². The normalized spacial score (nSPS) is 21.7. The zero-order chi connectivity index (χ0) is 9.52. The number of hydrogen-bond donors (Lipinski definition) is 1. The lowest BCUT2D eigenvalue weighted by Gasteiger charge is -2.28. The molecule has 3 heteroatoms. The first-order chi connectivity index (χ1) is 6.34. The third-order valence-corrected chi connectivity index (χ3v) is 3.36. The van der Waals surface area contributed by atoms with Gasteiger partial charge in [0.05, 0.1) is 0 Å². The summed E-state index contributed by atoms with van der Waals surface area (Å²) in [7, 11) is 0. The Morgan fingerprint density at radius 2 is 2.15 bits per heavy atom. The minimum absolute atomic E-state index is 0.663. The van der Waals surface area contributed by atoms with Gasteiger partial charge in [-0.25, -0.2) is 0 Å². The van der Waals surface area contributed by atoms with Crippen molar-refractivity contribution in [1.29, 1.82) is 0 Å². The molecular weight excluding hydrogens is 182 g/mol. The quantitative estimate of drug-likeness (QED) is 0.688. The van der Waals surface area contributed by atoms with E-state index in [1.54, 1.807) is 0 Å². The Hall–Kier alpha value is 0.270. The summed E-state index contributed by atoms with van der Waals surface area (Å²) in [5, 5.41) is 3.58. The first-order valence-electron chi connectivity index (χ1n) is 5.14. The van der Waals surface area contributed by atoms with E-state index in [4.69, 9.17) is 4.74 Å². The summed E-state index contributed by atoms with van der Waals surface area (Å²) in [5.74, 6) is 2.05. The Labute approximate surface area is 85.8 Å². The van der Waals surface area contributed by atoms with Gasteiger partial charge in [0.1, 0.15) is 0 Å². The van der Waals surface area contributed by atoms with Crippen LogP contribution in [0.2, 0.25) is 0 Å². The van der Waals surface area contributed by atoms with Crippen molar-refractivity contribution in [2.75, 3.05) is 31.8 Å². The summed E-state index contributed by atoms with van der Waals surface area (Å²) < 4.78 is 5.34. The van der Waals surface area contributed by atoms with Gasteiger partial charge in [0, 0.05) is 31.6 Å². The van der Waals surface area contributed by atoms with Crippen LogP contribution in [0.15, 0.2) is 0 Å². The Balaban J connectivity index is 2.09. The number of ether oxygens (including phenoxy) is 1. The summed E-state index contributed by atoms with van der Waals surface area (Å²) >= 11 is 1.90. The molecule has 0 radical (unpaired) electrons. The predicted molar refractivity (Wildman–Crippen MR) is 59.4 cm³/mol. The van der Waals surface area contributed by atoms with Gasteiger partial charge in [-0.1, -0.05) is 0 Å². The van der Waals surface area contributed by atoms with Crippen LogP contribution in [0.3, 0.4) is 0 Å². The molecule has 1 rings (SSSR count). The molecule has 13 heavy (non-hydrogen) atoms. The molecule has 0 saturated carbocycles. The SMILES string of the molecule is CSCCNC(C)C1CCOCC1. The smallest absolute Gasteiger partial charge is 0.0469 e. The lowest BCUT2D eigenvalue weighted by atomic mass is 9.93. The average molecular weight is 203 g/mol. The zero-order valence-corrected chi connectivity index (χ0v) is 9.53. The highest BCUT2D eigenvalue weighted by Gasteiger charge is 2.19. The molecule has 1 aliphatic rings. The summed E-state index contributed by atoms with van der Waals surface area (Å²) in [6, 6.07) is 0.663. The maximum absolute atomic E-state index is 5.34. The van der Waals surface area contributed by atoms with Crippen molar-refractivity contribution in [1.82, 2.24) is 5.32 Å². The highest BCUT2D eigenvalue weighted by molar-refractivity contribution is 7.98. The van der Waals surface area contributed by atoms with Crippen molar-refractivity contribution in [3.05, 3.63) is 0 Å². The van der Waals surface area contributed by atoms with E-state index in [1.807, 2.05) is 11.8 Å². The molecule has 2 nitrogen and oxygen atoms in total. The summed E-state index contributed by atoms with van der Waals surface area (Å²) in [5.41, 5.74) is 0. The molecule has 0 aromatic heterocycles. The van der Waals surface area contributed by atoms with Crippen LogP contribution >= 0.6 is 11.8 Å². The van der Waals surface area contributed by atoms with Crippen LogP contribution in [0.5, 0.6) is 0 Å². The van der Waals surface area contributed by atoms with E-state index < -0.39 is 0 Å². The first-order valence-corrected chi connectivity index (χ1v) is 6.54. The van der Waals surface area contributed by atoms with Crippen LogP contribution in [0, 0.1) is 5.92 Å². The minimum Gasteiger partial charge on any atom is -0.381 e. The van der Waals surface area contributed by atoms with E-state index in [2.05, 4.69) is 18.5 Å². The van der Waals surface area contributed by atoms with Gasteiger partial charge < -0.3 is 10.1 Å². The summed E-state index contributed by atoms with van der Waals surface area (Å²) in [6.45, 7) is 5.36. The standard InChI is InChI=1S/C10H21NOS/c1-9(11-5-8-13-2)10-3-6-12-7-4-10/h9-11H,3-8H2,1-2H3. The van der Waals surface area contributed by atoms with E-state index in [9.17, 15) is 0 Å². The van der Waals surface area contributed by atoms with Gasteiger partial charge >= 0.3 is 0 Å². The van der Waals surface area contributed by atoms with Gasteiger partial charge in [-0.3, -0.25) is 0 Å². The Morgan fingerprint density at radius 1 is 1.46 bits per heavy atom. The molecule has 1 aliphatic heterocycles. The van der Waals surface area contributed by atoms with Gasteiger partial charge in [-0.05, 0) is 31.9 Å². The number of thioether (sulfide) groups is 1. The summed E-state index contributed by atoms with van der Waals surface area (Å²) in [4.78, 5) is 0. The fourth-order valence-electron chi connectivity index (χ4n) is 1.77. The Bertz CT molecular complexity index is 126. The number of hydrogen-bond acceptors (Lipinski definition) is 3. The van der Waals surface area contributed by atoms with Gasteiger partial charge in [0.25, 0.3) is 0 Å². The van der Waals surface area contributed by atoms with Crippen LogP contribution in [-0.2, 0) is 4.74 Å². The van der Waals surface area contributed by atoms with E-state index in [1.165, 1.54) is 18.6 Å². The van der Waals surface area contributed by atoms with Crippen LogP contribution in [0.4, 0.5) is 0 Å².